The number of carbonyl (C=O) groups is 3. The Morgan fingerprint density at radius 3 is 2.03 bits per heavy atom. The summed E-state index contributed by atoms with van der Waals surface area (Å²) in [6, 6.07) is 5.67. The van der Waals surface area contributed by atoms with Crippen molar-refractivity contribution in [1.82, 2.24) is 15.5 Å². The molecule has 0 bridgehead atoms. The minimum absolute atomic E-state index is 0.0311. The number of rotatable bonds is 11. The van der Waals surface area contributed by atoms with Gasteiger partial charge in [-0.15, -0.1) is 0 Å². The Balaban J connectivity index is 3.30. The number of carbonyl (C=O) groups excluding carboxylic acids is 3. The van der Waals surface area contributed by atoms with E-state index in [1.165, 1.54) is 0 Å². The highest BCUT2D eigenvalue weighted by Gasteiger charge is 2.41. The van der Waals surface area contributed by atoms with E-state index in [0.717, 1.165) is 5.56 Å². The van der Waals surface area contributed by atoms with E-state index in [9.17, 15) is 14.4 Å². The fraction of sp³-hybridized carbons (Fsp3) is 0.621. The third kappa shape index (κ3) is 8.57. The molecule has 0 aliphatic heterocycles. The number of hydrogen-bond donors (Lipinski definition) is 2. The van der Waals surface area contributed by atoms with Crippen LogP contribution in [0.15, 0.2) is 35.9 Å². The van der Waals surface area contributed by atoms with E-state index >= 15 is 0 Å². The number of benzene rings is 1. The number of halogens is 1. The van der Waals surface area contributed by atoms with E-state index in [2.05, 4.69) is 10.6 Å². The van der Waals surface area contributed by atoms with E-state index in [4.69, 9.17) is 16.3 Å². The minimum Gasteiger partial charge on any atom is -0.463 e. The normalized spacial score (nSPS) is 15.1. The Morgan fingerprint density at radius 2 is 1.59 bits per heavy atom. The molecule has 37 heavy (non-hydrogen) atoms. The largest absolute Gasteiger partial charge is 0.463 e. The number of nitrogens with one attached hydrogen (secondary N) is 2. The standard InChI is InChI=1S/C29H46ClN3O4/c1-12-37-27(36)19(4)17-22(18(2)3)33(11)26(35)24(28(5,6)7)32-25(34)23(31-10)29(8,9)20-13-15-21(30)16-14-20/h13-18,22-24,31H,12H2,1-11H3,(H,32,34)/b19-17+/t22-,23+,24?/m1/s1. The van der Waals surface area contributed by atoms with Gasteiger partial charge in [0, 0.05) is 23.1 Å². The molecule has 0 aliphatic rings. The van der Waals surface area contributed by atoms with Crippen LogP contribution in [0.25, 0.3) is 0 Å². The van der Waals surface area contributed by atoms with Crippen LogP contribution in [-0.2, 0) is 24.5 Å². The predicted octanol–water partition coefficient (Wildman–Crippen LogP) is 4.73. The summed E-state index contributed by atoms with van der Waals surface area (Å²) in [7, 11) is 3.44. The van der Waals surface area contributed by atoms with E-state index in [1.807, 2.05) is 60.6 Å². The van der Waals surface area contributed by atoms with Gasteiger partial charge in [-0.05, 0) is 49.9 Å². The first-order chi connectivity index (χ1) is 17.0. The van der Waals surface area contributed by atoms with E-state index in [-0.39, 0.29) is 30.4 Å². The molecule has 2 amide bonds. The monoisotopic (exact) mass is 535 g/mol. The average molecular weight is 536 g/mol. The molecule has 3 atom stereocenters. The second-order valence-corrected chi connectivity index (χ2v) is 11.9. The molecule has 0 saturated carbocycles. The molecule has 0 aliphatic carbocycles. The van der Waals surface area contributed by atoms with Gasteiger partial charge in [-0.25, -0.2) is 4.79 Å². The molecule has 8 heteroatoms. The Bertz CT molecular complexity index is 964. The molecule has 0 heterocycles. The van der Waals surface area contributed by atoms with Crippen LogP contribution in [0.3, 0.4) is 0 Å². The molecular weight excluding hydrogens is 490 g/mol. The first-order valence-electron chi connectivity index (χ1n) is 12.8. The maximum atomic E-state index is 13.8. The van der Waals surface area contributed by atoms with Gasteiger partial charge in [-0.3, -0.25) is 9.59 Å². The molecule has 0 fully saturated rings. The molecular formula is C29H46ClN3O4. The van der Waals surface area contributed by atoms with Gasteiger partial charge < -0.3 is 20.3 Å². The second kappa shape index (κ2) is 13.4. The summed E-state index contributed by atoms with van der Waals surface area (Å²) in [5.41, 5.74) is 0.240. The summed E-state index contributed by atoms with van der Waals surface area (Å²) in [5, 5.41) is 6.80. The van der Waals surface area contributed by atoms with Crippen molar-refractivity contribution in [2.45, 2.75) is 85.9 Å². The van der Waals surface area contributed by atoms with Gasteiger partial charge in [0.05, 0.1) is 18.7 Å². The first kappa shape index (κ1) is 32.6. The van der Waals surface area contributed by atoms with Crippen molar-refractivity contribution in [1.29, 1.82) is 0 Å². The molecule has 1 unspecified atom stereocenters. The van der Waals surface area contributed by atoms with E-state index in [0.29, 0.717) is 10.6 Å². The maximum Gasteiger partial charge on any atom is 0.333 e. The lowest BCUT2D eigenvalue weighted by atomic mass is 9.76. The van der Waals surface area contributed by atoms with Crippen LogP contribution in [0.4, 0.5) is 0 Å². The molecule has 2 N–H and O–H groups in total. The van der Waals surface area contributed by atoms with Crippen LogP contribution in [0.5, 0.6) is 0 Å². The number of ether oxygens (including phenoxy) is 1. The Labute approximate surface area is 228 Å². The summed E-state index contributed by atoms with van der Waals surface area (Å²) < 4.78 is 5.11. The Hall–Kier alpha value is -2.38. The zero-order valence-electron chi connectivity index (χ0n) is 24.4. The van der Waals surface area contributed by atoms with Crippen molar-refractivity contribution in [2.75, 3.05) is 20.7 Å². The van der Waals surface area contributed by atoms with Crippen molar-refractivity contribution in [3.8, 4) is 0 Å². The molecule has 208 valence electrons. The summed E-state index contributed by atoms with van der Waals surface area (Å²) in [5.74, 6) is -0.880. The quantitative estimate of drug-likeness (QED) is 0.316. The second-order valence-electron chi connectivity index (χ2n) is 11.5. The number of amides is 2. The summed E-state index contributed by atoms with van der Waals surface area (Å²) in [4.78, 5) is 41.3. The molecule has 0 radical (unpaired) electrons. The fourth-order valence-corrected chi connectivity index (χ4v) is 4.54. The summed E-state index contributed by atoms with van der Waals surface area (Å²) >= 11 is 6.07. The Morgan fingerprint density at radius 1 is 1.05 bits per heavy atom. The summed E-state index contributed by atoms with van der Waals surface area (Å²) in [6.45, 7) is 17.4. The lowest BCUT2D eigenvalue weighted by Gasteiger charge is -2.40. The third-order valence-electron chi connectivity index (χ3n) is 6.76. The van der Waals surface area contributed by atoms with Crippen LogP contribution in [-0.4, -0.2) is 61.5 Å². The topological polar surface area (TPSA) is 87.7 Å². The Kier molecular flexibility index (Phi) is 11.8. The van der Waals surface area contributed by atoms with Crippen molar-refractivity contribution in [3.05, 3.63) is 46.5 Å². The van der Waals surface area contributed by atoms with Crippen LogP contribution < -0.4 is 10.6 Å². The van der Waals surface area contributed by atoms with Crippen LogP contribution in [0.1, 0.15) is 67.9 Å². The van der Waals surface area contributed by atoms with E-state index < -0.39 is 28.9 Å². The molecule has 1 aromatic rings. The minimum atomic E-state index is -0.792. The van der Waals surface area contributed by atoms with Gasteiger partial charge in [-0.1, -0.05) is 78.3 Å². The lowest BCUT2D eigenvalue weighted by molar-refractivity contribution is -0.141. The maximum absolute atomic E-state index is 13.8. The average Bonchev–Trinajstić information content (AvgIpc) is 2.79. The number of esters is 1. The van der Waals surface area contributed by atoms with Crippen molar-refractivity contribution in [3.63, 3.8) is 0 Å². The van der Waals surface area contributed by atoms with Gasteiger partial charge in [0.1, 0.15) is 6.04 Å². The van der Waals surface area contributed by atoms with Gasteiger partial charge in [0.25, 0.3) is 0 Å². The van der Waals surface area contributed by atoms with Crippen molar-refractivity contribution >= 4 is 29.4 Å². The molecule has 1 rings (SSSR count). The molecule has 0 spiro atoms. The van der Waals surface area contributed by atoms with Crippen LogP contribution in [0.2, 0.25) is 5.02 Å². The van der Waals surface area contributed by atoms with Crippen LogP contribution >= 0.6 is 11.6 Å². The summed E-state index contributed by atoms with van der Waals surface area (Å²) in [6.07, 6.45) is 1.77. The number of hydrogen-bond acceptors (Lipinski definition) is 5. The fourth-order valence-electron chi connectivity index (χ4n) is 4.41. The zero-order chi connectivity index (χ0) is 28.7. The van der Waals surface area contributed by atoms with Gasteiger partial charge in [0.15, 0.2) is 0 Å². The number of nitrogens with zero attached hydrogens (tertiary/aromatic N) is 1. The van der Waals surface area contributed by atoms with Crippen molar-refractivity contribution in [2.24, 2.45) is 11.3 Å². The van der Waals surface area contributed by atoms with Gasteiger partial charge in [0.2, 0.25) is 11.8 Å². The van der Waals surface area contributed by atoms with Crippen LogP contribution in [0, 0.1) is 11.3 Å². The molecule has 7 nitrogen and oxygen atoms in total. The lowest BCUT2D eigenvalue weighted by Crippen LogP contribution is -2.61. The highest BCUT2D eigenvalue weighted by Crippen LogP contribution is 2.30. The highest BCUT2D eigenvalue weighted by molar-refractivity contribution is 6.30. The smallest absolute Gasteiger partial charge is 0.333 e. The first-order valence-corrected chi connectivity index (χ1v) is 13.2. The van der Waals surface area contributed by atoms with E-state index in [1.54, 1.807) is 51.1 Å². The SMILES string of the molecule is CCOC(=O)/C(C)=C/[C@H](C(C)C)N(C)C(=O)C(NC(=O)[C@H](NC)C(C)(C)c1ccc(Cl)cc1)C(C)(C)C. The molecule has 0 aromatic heterocycles. The van der Waals surface area contributed by atoms with Gasteiger partial charge >= 0.3 is 5.97 Å². The number of likely N-dealkylation sites (N-methyl/N-ethyl adjacent to an activating group) is 2. The third-order valence-corrected chi connectivity index (χ3v) is 7.01. The molecule has 0 saturated heterocycles. The zero-order valence-corrected chi connectivity index (χ0v) is 25.1. The molecule has 1 aromatic carbocycles. The predicted molar refractivity (Wildman–Crippen MR) is 150 cm³/mol. The van der Waals surface area contributed by atoms with Crippen molar-refractivity contribution < 1.29 is 19.1 Å². The highest BCUT2D eigenvalue weighted by atomic mass is 35.5. The van der Waals surface area contributed by atoms with Gasteiger partial charge in [-0.2, -0.15) is 0 Å².